The first kappa shape index (κ1) is 16.3. The van der Waals surface area contributed by atoms with Gasteiger partial charge in [0.05, 0.1) is 10.8 Å². The molecule has 1 fully saturated rings. The van der Waals surface area contributed by atoms with Crippen LogP contribution in [0, 0.1) is 21.8 Å². The number of para-hydroxylation sites is 1. The maximum Gasteiger partial charge on any atom is 0.324 e. The number of rotatable bonds is 4. The molecule has 1 aromatic carbocycles. The summed E-state index contributed by atoms with van der Waals surface area (Å²) in [7, 11) is -4.25. The van der Waals surface area contributed by atoms with Gasteiger partial charge in [-0.1, -0.05) is 6.07 Å². The van der Waals surface area contributed by atoms with Gasteiger partial charge in [0, 0.05) is 13.1 Å². The highest BCUT2D eigenvalue weighted by Crippen LogP contribution is 2.31. The number of sulfonamides is 1. The van der Waals surface area contributed by atoms with E-state index in [9.17, 15) is 27.7 Å². The van der Waals surface area contributed by atoms with E-state index < -0.39 is 43.2 Å². The van der Waals surface area contributed by atoms with Crippen molar-refractivity contribution in [3.8, 4) is 0 Å². The number of hydrogen-bond acceptors (Lipinski definition) is 5. The molecule has 1 heterocycles. The average Bonchev–Trinajstić information content (AvgIpc) is 2.46. The van der Waals surface area contributed by atoms with E-state index in [2.05, 4.69) is 0 Å². The Hall–Kier alpha value is -2.07. The van der Waals surface area contributed by atoms with E-state index in [-0.39, 0.29) is 25.9 Å². The monoisotopic (exact) mass is 332 g/mol. The molecular weight excluding hydrogens is 319 g/mol. The van der Waals surface area contributed by atoms with Gasteiger partial charge in [0.2, 0.25) is 15.8 Å². The van der Waals surface area contributed by atoms with Gasteiger partial charge in [0.25, 0.3) is 0 Å². The highest BCUT2D eigenvalue weighted by molar-refractivity contribution is 7.89. The fraction of sp³-hybridized carbons (Fsp3) is 0.417. The maximum absolute atomic E-state index is 13.6. The minimum atomic E-state index is -4.25. The lowest BCUT2D eigenvalue weighted by Crippen LogP contribution is -2.40. The fourth-order valence-electron chi connectivity index (χ4n) is 2.36. The van der Waals surface area contributed by atoms with Gasteiger partial charge >= 0.3 is 11.7 Å². The number of nitro groups is 1. The standard InChI is InChI=1S/C12H13FN2O6S/c13-9-2-1-3-10(11(9)15(18)19)22(20,21)14-6-4-8(5-7-14)12(16)17/h1-3,8H,4-7H2,(H,16,17). The smallest absolute Gasteiger partial charge is 0.324 e. The predicted molar refractivity (Wildman–Crippen MR) is 72.2 cm³/mol. The summed E-state index contributed by atoms with van der Waals surface area (Å²) < 4.78 is 39.4. The average molecular weight is 332 g/mol. The van der Waals surface area contributed by atoms with Crippen molar-refractivity contribution >= 4 is 21.7 Å². The third-order valence-corrected chi connectivity index (χ3v) is 5.48. The zero-order valence-corrected chi connectivity index (χ0v) is 12.1. The van der Waals surface area contributed by atoms with Gasteiger partial charge in [-0.05, 0) is 25.0 Å². The number of carbonyl (C=O) groups is 1. The Morgan fingerprint density at radius 1 is 1.36 bits per heavy atom. The van der Waals surface area contributed by atoms with E-state index in [0.29, 0.717) is 0 Å². The normalized spacial score (nSPS) is 17.3. The number of nitro benzene ring substituents is 1. The Balaban J connectivity index is 2.35. The lowest BCUT2D eigenvalue weighted by Gasteiger charge is -2.29. The van der Waals surface area contributed by atoms with E-state index in [1.165, 1.54) is 0 Å². The van der Waals surface area contributed by atoms with Crippen LogP contribution in [0.25, 0.3) is 0 Å². The van der Waals surface area contributed by atoms with Crippen LogP contribution in [0.1, 0.15) is 12.8 Å². The molecule has 0 bridgehead atoms. The summed E-state index contributed by atoms with van der Waals surface area (Å²) in [6, 6.07) is 2.87. The quantitative estimate of drug-likeness (QED) is 0.654. The molecule has 1 aliphatic rings. The van der Waals surface area contributed by atoms with Crippen molar-refractivity contribution in [3.05, 3.63) is 34.1 Å². The SMILES string of the molecule is O=C(O)C1CCN(S(=O)(=O)c2cccc(F)c2[N+](=O)[O-])CC1. The lowest BCUT2D eigenvalue weighted by atomic mass is 9.99. The third kappa shape index (κ3) is 2.92. The molecule has 0 aromatic heterocycles. The predicted octanol–water partition coefficient (Wildman–Crippen LogP) is 1.22. The topological polar surface area (TPSA) is 118 Å². The molecule has 22 heavy (non-hydrogen) atoms. The molecule has 1 N–H and O–H groups in total. The van der Waals surface area contributed by atoms with Crippen LogP contribution in [0.2, 0.25) is 0 Å². The Morgan fingerprint density at radius 2 is 1.95 bits per heavy atom. The first-order chi connectivity index (χ1) is 10.2. The molecular formula is C12H13FN2O6S. The van der Waals surface area contributed by atoms with Gasteiger partial charge in [0.1, 0.15) is 0 Å². The molecule has 1 aliphatic heterocycles. The zero-order valence-electron chi connectivity index (χ0n) is 11.3. The summed E-state index contributed by atoms with van der Waals surface area (Å²) in [6.45, 7) is -0.153. The first-order valence-electron chi connectivity index (χ1n) is 6.41. The van der Waals surface area contributed by atoms with Crippen LogP contribution < -0.4 is 0 Å². The molecule has 0 radical (unpaired) electrons. The highest BCUT2D eigenvalue weighted by Gasteiger charge is 2.37. The summed E-state index contributed by atoms with van der Waals surface area (Å²) >= 11 is 0. The van der Waals surface area contributed by atoms with Crippen molar-refractivity contribution in [2.45, 2.75) is 17.7 Å². The minimum Gasteiger partial charge on any atom is -0.481 e. The molecule has 0 aliphatic carbocycles. The fourth-order valence-corrected chi connectivity index (χ4v) is 4.00. The van der Waals surface area contributed by atoms with E-state index in [0.717, 1.165) is 22.5 Å². The van der Waals surface area contributed by atoms with Crippen molar-refractivity contribution in [1.82, 2.24) is 4.31 Å². The van der Waals surface area contributed by atoms with Gasteiger partial charge in [-0.2, -0.15) is 8.70 Å². The van der Waals surface area contributed by atoms with Crippen LogP contribution in [0.3, 0.4) is 0 Å². The van der Waals surface area contributed by atoms with Crippen LogP contribution in [0.5, 0.6) is 0 Å². The van der Waals surface area contributed by atoms with Gasteiger partial charge < -0.3 is 5.11 Å². The summed E-state index contributed by atoms with van der Waals surface area (Å²) in [5.74, 6) is -2.88. The number of benzene rings is 1. The highest BCUT2D eigenvalue weighted by atomic mass is 32.2. The van der Waals surface area contributed by atoms with Crippen LogP contribution in [-0.4, -0.2) is 41.8 Å². The second kappa shape index (κ2) is 5.97. The number of aliphatic carboxylic acids is 1. The number of halogens is 1. The molecule has 0 atom stereocenters. The van der Waals surface area contributed by atoms with Crippen molar-refractivity contribution in [2.75, 3.05) is 13.1 Å². The molecule has 0 amide bonds. The lowest BCUT2D eigenvalue weighted by molar-refractivity contribution is -0.390. The zero-order chi connectivity index (χ0) is 16.5. The Labute approximate surface area is 125 Å². The van der Waals surface area contributed by atoms with E-state index in [1.807, 2.05) is 0 Å². The number of nitrogens with zero attached hydrogens (tertiary/aromatic N) is 2. The number of carboxylic acid groups (broad SMARTS) is 1. The van der Waals surface area contributed by atoms with Gasteiger partial charge in [-0.25, -0.2) is 8.42 Å². The van der Waals surface area contributed by atoms with Crippen LogP contribution >= 0.6 is 0 Å². The van der Waals surface area contributed by atoms with Crippen LogP contribution in [0.4, 0.5) is 10.1 Å². The molecule has 10 heteroatoms. The van der Waals surface area contributed by atoms with Crippen LogP contribution in [0.15, 0.2) is 23.1 Å². The molecule has 0 unspecified atom stereocenters. The summed E-state index contributed by atoms with van der Waals surface area (Å²) in [5.41, 5.74) is -1.09. The number of hydrogen-bond donors (Lipinski definition) is 1. The van der Waals surface area contributed by atoms with Crippen molar-refractivity contribution in [1.29, 1.82) is 0 Å². The molecule has 0 saturated carbocycles. The summed E-state index contributed by atoms with van der Waals surface area (Å²) in [4.78, 5) is 20.0. The molecule has 0 spiro atoms. The Kier molecular flexibility index (Phi) is 4.42. The van der Waals surface area contributed by atoms with Gasteiger partial charge in [-0.3, -0.25) is 14.9 Å². The van der Waals surface area contributed by atoms with E-state index in [1.54, 1.807) is 0 Å². The molecule has 1 aromatic rings. The van der Waals surface area contributed by atoms with Crippen LogP contribution in [-0.2, 0) is 14.8 Å². The third-order valence-electron chi connectivity index (χ3n) is 3.55. The van der Waals surface area contributed by atoms with Crippen molar-refractivity contribution < 1.29 is 27.6 Å². The van der Waals surface area contributed by atoms with Gasteiger partial charge in [-0.15, -0.1) is 0 Å². The minimum absolute atomic E-state index is 0.0764. The van der Waals surface area contributed by atoms with Gasteiger partial charge in [0.15, 0.2) is 4.90 Å². The second-order valence-electron chi connectivity index (χ2n) is 4.86. The number of piperidine rings is 1. The molecule has 120 valence electrons. The van der Waals surface area contributed by atoms with E-state index in [4.69, 9.17) is 5.11 Å². The van der Waals surface area contributed by atoms with Crippen molar-refractivity contribution in [3.63, 3.8) is 0 Å². The Morgan fingerprint density at radius 3 is 2.45 bits per heavy atom. The Bertz CT molecular complexity index is 712. The molecule has 2 rings (SSSR count). The molecule has 1 saturated heterocycles. The second-order valence-corrected chi connectivity index (χ2v) is 6.77. The van der Waals surface area contributed by atoms with Crippen molar-refractivity contribution in [2.24, 2.45) is 5.92 Å². The largest absolute Gasteiger partial charge is 0.481 e. The first-order valence-corrected chi connectivity index (χ1v) is 7.85. The number of carboxylic acids is 1. The maximum atomic E-state index is 13.6. The summed E-state index contributed by atoms with van der Waals surface area (Å²) in [6.07, 6.45) is 0.218. The molecule has 8 nitrogen and oxygen atoms in total. The summed E-state index contributed by atoms with van der Waals surface area (Å²) in [5, 5.41) is 19.8. The van der Waals surface area contributed by atoms with E-state index >= 15 is 0 Å².